The highest BCUT2D eigenvalue weighted by Gasteiger charge is 2.47. The summed E-state index contributed by atoms with van der Waals surface area (Å²) in [5, 5.41) is 0.618. The van der Waals surface area contributed by atoms with Crippen molar-refractivity contribution in [3.05, 3.63) is 23.4 Å². The van der Waals surface area contributed by atoms with E-state index in [1.165, 1.54) is 5.70 Å². The van der Waals surface area contributed by atoms with Crippen molar-refractivity contribution in [2.75, 3.05) is 19.8 Å². The topological polar surface area (TPSA) is 29.5 Å². The molecule has 1 aliphatic heterocycles. The fourth-order valence-electron chi connectivity index (χ4n) is 3.07. The predicted molar refractivity (Wildman–Crippen MR) is 77.9 cm³/mol. The number of allylic oxidation sites excluding steroid dienone is 3. The zero-order chi connectivity index (χ0) is 13.6. The summed E-state index contributed by atoms with van der Waals surface area (Å²) in [6.45, 7) is 2.20. The van der Waals surface area contributed by atoms with Crippen LogP contribution in [0, 0.1) is 11.8 Å². The first-order chi connectivity index (χ1) is 9.06. The summed E-state index contributed by atoms with van der Waals surface area (Å²) < 4.78 is 5.64. The predicted octanol–water partition coefficient (Wildman–Crippen LogP) is 2.45. The maximum absolute atomic E-state index is 12.2. The number of fused-ring (bicyclic) bond motifs is 1. The molecule has 2 aliphatic carbocycles. The number of thioether (sulfide) groups is 1. The number of hydrogen-bond donors (Lipinski definition) is 0. The molecule has 2 fully saturated rings. The van der Waals surface area contributed by atoms with E-state index in [1.54, 1.807) is 0 Å². The Kier molecular flexibility index (Phi) is 3.37. The SMILES string of the molecule is CC1CC(OC(=O)C2=CC=C(N(C)C)[C@H]3CC23)CS1. The molecule has 0 amide bonds. The minimum absolute atomic E-state index is 0.0822. The van der Waals surface area contributed by atoms with E-state index in [2.05, 4.69) is 32.0 Å². The maximum atomic E-state index is 12.2. The molecule has 0 aromatic heterocycles. The van der Waals surface area contributed by atoms with E-state index in [1.807, 2.05) is 17.8 Å². The summed E-state index contributed by atoms with van der Waals surface area (Å²) >= 11 is 1.89. The summed E-state index contributed by atoms with van der Waals surface area (Å²) in [5.74, 6) is 1.81. The van der Waals surface area contributed by atoms with Crippen molar-refractivity contribution in [1.29, 1.82) is 0 Å². The molecule has 0 N–H and O–H groups in total. The molecular formula is C15H21NO2S. The molecule has 104 valence electrons. The summed E-state index contributed by atoms with van der Waals surface area (Å²) in [6, 6.07) is 0. The molecule has 3 unspecified atom stereocenters. The van der Waals surface area contributed by atoms with Crippen molar-refractivity contribution in [3.8, 4) is 0 Å². The Labute approximate surface area is 119 Å². The van der Waals surface area contributed by atoms with Crippen molar-refractivity contribution in [2.24, 2.45) is 11.8 Å². The van der Waals surface area contributed by atoms with Crippen molar-refractivity contribution < 1.29 is 9.53 Å². The van der Waals surface area contributed by atoms with E-state index in [-0.39, 0.29) is 12.1 Å². The monoisotopic (exact) mass is 279 g/mol. The Bertz CT molecular complexity index is 455. The van der Waals surface area contributed by atoms with Crippen LogP contribution in [0.3, 0.4) is 0 Å². The number of esters is 1. The number of nitrogens with zero attached hydrogens (tertiary/aromatic N) is 1. The molecule has 1 saturated carbocycles. The van der Waals surface area contributed by atoms with Gasteiger partial charge in [0, 0.05) is 42.3 Å². The summed E-state index contributed by atoms with van der Waals surface area (Å²) in [5.41, 5.74) is 2.23. The van der Waals surface area contributed by atoms with Gasteiger partial charge >= 0.3 is 5.97 Å². The van der Waals surface area contributed by atoms with Crippen molar-refractivity contribution in [1.82, 2.24) is 4.90 Å². The molecule has 0 aromatic rings. The lowest BCUT2D eigenvalue weighted by Crippen LogP contribution is -2.22. The molecule has 0 spiro atoms. The van der Waals surface area contributed by atoms with Gasteiger partial charge in [-0.15, -0.1) is 0 Å². The van der Waals surface area contributed by atoms with Crippen LogP contribution in [0.1, 0.15) is 19.8 Å². The molecule has 4 heteroatoms. The Hall–Kier alpha value is -0.900. The van der Waals surface area contributed by atoms with Gasteiger partial charge in [-0.2, -0.15) is 11.8 Å². The molecule has 1 heterocycles. The lowest BCUT2D eigenvalue weighted by Gasteiger charge is -2.21. The normalized spacial score (nSPS) is 36.2. The molecule has 0 radical (unpaired) electrons. The molecule has 1 saturated heterocycles. The van der Waals surface area contributed by atoms with Crippen LogP contribution < -0.4 is 0 Å². The third-order valence-corrected chi connectivity index (χ3v) is 5.52. The highest BCUT2D eigenvalue weighted by molar-refractivity contribution is 8.00. The standard InChI is InChI=1S/C15H21NO2S/c1-9-6-10(8-19-9)18-15(17)11-4-5-14(16(2)3)13-7-12(11)13/h4-5,9-10,12-13H,6-8H2,1-3H3/t9?,10?,12?,13-/m0/s1. The van der Waals surface area contributed by atoms with E-state index in [4.69, 9.17) is 4.74 Å². The summed E-state index contributed by atoms with van der Waals surface area (Å²) in [7, 11) is 4.13. The summed E-state index contributed by atoms with van der Waals surface area (Å²) in [6.07, 6.45) is 6.26. The molecule has 4 atom stereocenters. The molecule has 19 heavy (non-hydrogen) atoms. The zero-order valence-corrected chi connectivity index (χ0v) is 12.6. The van der Waals surface area contributed by atoms with Crippen LogP contribution in [0.5, 0.6) is 0 Å². The first kappa shape index (κ1) is 13.1. The van der Waals surface area contributed by atoms with Gasteiger partial charge in [0.15, 0.2) is 0 Å². The van der Waals surface area contributed by atoms with Crippen LogP contribution in [0.2, 0.25) is 0 Å². The molecular weight excluding hydrogens is 258 g/mol. The zero-order valence-electron chi connectivity index (χ0n) is 11.8. The Balaban J connectivity index is 1.65. The second-order valence-corrected chi connectivity index (χ2v) is 7.44. The van der Waals surface area contributed by atoms with Crippen LogP contribution in [0.25, 0.3) is 0 Å². The van der Waals surface area contributed by atoms with E-state index in [0.29, 0.717) is 17.1 Å². The number of rotatable bonds is 3. The second-order valence-electron chi connectivity index (χ2n) is 5.96. The fourth-order valence-corrected chi connectivity index (χ4v) is 4.17. The van der Waals surface area contributed by atoms with Crippen LogP contribution >= 0.6 is 11.8 Å². The van der Waals surface area contributed by atoms with Gasteiger partial charge in [0.2, 0.25) is 0 Å². The number of carbonyl (C=O) groups excluding carboxylic acids is 1. The van der Waals surface area contributed by atoms with Crippen LogP contribution in [0.15, 0.2) is 23.4 Å². The van der Waals surface area contributed by atoms with E-state index in [0.717, 1.165) is 24.2 Å². The van der Waals surface area contributed by atoms with Gasteiger partial charge in [0.05, 0.1) is 0 Å². The van der Waals surface area contributed by atoms with Crippen molar-refractivity contribution >= 4 is 17.7 Å². The highest BCUT2D eigenvalue weighted by atomic mass is 32.2. The van der Waals surface area contributed by atoms with Gasteiger partial charge in [-0.05, 0) is 30.9 Å². The highest BCUT2D eigenvalue weighted by Crippen LogP contribution is 2.52. The van der Waals surface area contributed by atoms with Crippen LogP contribution in [-0.4, -0.2) is 42.1 Å². The fraction of sp³-hybridized carbons (Fsp3) is 0.667. The lowest BCUT2D eigenvalue weighted by molar-refractivity contribution is -0.143. The molecule has 0 aromatic carbocycles. The van der Waals surface area contributed by atoms with Gasteiger partial charge in [-0.3, -0.25) is 0 Å². The Morgan fingerprint density at radius 2 is 2.11 bits per heavy atom. The van der Waals surface area contributed by atoms with E-state index in [9.17, 15) is 4.79 Å². The van der Waals surface area contributed by atoms with Crippen molar-refractivity contribution in [2.45, 2.75) is 31.1 Å². The first-order valence-corrected chi connectivity index (χ1v) is 8.03. The number of ether oxygens (including phenoxy) is 1. The largest absolute Gasteiger partial charge is 0.458 e. The molecule has 3 aliphatic rings. The van der Waals surface area contributed by atoms with Crippen LogP contribution in [-0.2, 0) is 9.53 Å². The Morgan fingerprint density at radius 1 is 1.32 bits per heavy atom. The summed E-state index contributed by atoms with van der Waals surface area (Å²) in [4.78, 5) is 14.4. The van der Waals surface area contributed by atoms with Crippen LogP contribution in [0.4, 0.5) is 0 Å². The molecule has 0 bridgehead atoms. The average molecular weight is 279 g/mol. The van der Waals surface area contributed by atoms with Gasteiger partial charge in [-0.1, -0.05) is 6.92 Å². The third-order valence-electron chi connectivity index (χ3n) is 4.19. The van der Waals surface area contributed by atoms with Gasteiger partial charge in [0.1, 0.15) is 6.10 Å². The van der Waals surface area contributed by atoms with Crippen molar-refractivity contribution in [3.63, 3.8) is 0 Å². The quantitative estimate of drug-likeness (QED) is 0.742. The van der Waals surface area contributed by atoms with Gasteiger partial charge in [-0.25, -0.2) is 4.79 Å². The second kappa shape index (κ2) is 4.89. The number of carbonyl (C=O) groups is 1. The molecule has 3 nitrogen and oxygen atoms in total. The Morgan fingerprint density at radius 3 is 2.74 bits per heavy atom. The van der Waals surface area contributed by atoms with E-state index < -0.39 is 0 Å². The van der Waals surface area contributed by atoms with E-state index >= 15 is 0 Å². The maximum Gasteiger partial charge on any atom is 0.334 e. The molecule has 3 rings (SSSR count). The van der Waals surface area contributed by atoms with Gasteiger partial charge < -0.3 is 9.64 Å². The minimum Gasteiger partial charge on any atom is -0.458 e. The minimum atomic E-state index is -0.0822. The smallest absolute Gasteiger partial charge is 0.334 e. The third kappa shape index (κ3) is 2.55. The first-order valence-electron chi connectivity index (χ1n) is 6.98. The van der Waals surface area contributed by atoms with Gasteiger partial charge in [0.25, 0.3) is 0 Å². The lowest BCUT2D eigenvalue weighted by atomic mass is 10.0. The number of hydrogen-bond acceptors (Lipinski definition) is 4. The average Bonchev–Trinajstić information content (AvgIpc) is 3.05.